The summed E-state index contributed by atoms with van der Waals surface area (Å²) in [5.41, 5.74) is 13.1. The van der Waals surface area contributed by atoms with Gasteiger partial charge in [0.15, 0.2) is 23.6 Å². The van der Waals surface area contributed by atoms with Crippen LogP contribution in [0, 0.1) is 5.41 Å². The Kier molecular flexibility index (Phi) is 10.7. The second-order valence-electron chi connectivity index (χ2n) is 8.92. The van der Waals surface area contributed by atoms with E-state index in [2.05, 4.69) is 9.89 Å². The number of carboxylic acid groups (broad SMARTS) is 1. The molecule has 1 aliphatic rings. The quantitative estimate of drug-likeness (QED) is 0.230. The molecule has 11 nitrogen and oxygen atoms in total. The van der Waals surface area contributed by atoms with E-state index in [4.69, 9.17) is 31.1 Å². The minimum absolute atomic E-state index is 0.238. The van der Waals surface area contributed by atoms with Gasteiger partial charge in [0.05, 0.1) is 17.9 Å². The van der Waals surface area contributed by atoms with Gasteiger partial charge in [-0.05, 0) is 48.9 Å². The maximum Gasteiger partial charge on any atom is 0.333 e. The zero-order chi connectivity index (χ0) is 29.1. The van der Waals surface area contributed by atoms with Crippen LogP contribution in [0.5, 0.6) is 17.2 Å². The van der Waals surface area contributed by atoms with Crippen molar-refractivity contribution >= 4 is 29.3 Å². The lowest BCUT2D eigenvalue weighted by Crippen LogP contribution is -2.32. The van der Waals surface area contributed by atoms with E-state index in [-0.39, 0.29) is 11.9 Å². The molecule has 0 saturated heterocycles. The molecule has 0 bridgehead atoms. The molecule has 1 heterocycles. The van der Waals surface area contributed by atoms with E-state index in [9.17, 15) is 9.90 Å². The summed E-state index contributed by atoms with van der Waals surface area (Å²) < 4.78 is 17.3. The monoisotopic (exact) mass is 548 g/mol. The normalized spacial score (nSPS) is 12.6. The topological polar surface area (TPSA) is 160 Å². The van der Waals surface area contributed by atoms with Crippen LogP contribution in [0.3, 0.4) is 0 Å². The van der Waals surface area contributed by atoms with E-state index in [1.165, 1.54) is 0 Å². The van der Waals surface area contributed by atoms with Crippen molar-refractivity contribution in [2.45, 2.75) is 19.4 Å². The summed E-state index contributed by atoms with van der Waals surface area (Å²) in [5, 5.41) is 15.9. The number of fused-ring (bicyclic) bond motifs is 2. The summed E-state index contributed by atoms with van der Waals surface area (Å²) in [6.07, 6.45) is -0.511. The van der Waals surface area contributed by atoms with Crippen molar-refractivity contribution in [3.05, 3.63) is 78.4 Å². The van der Waals surface area contributed by atoms with E-state index < -0.39 is 12.1 Å². The third-order valence-corrected chi connectivity index (χ3v) is 5.80. The third-order valence-electron chi connectivity index (χ3n) is 5.80. The Hall–Kier alpha value is -4.77. The standard InChI is InChI=1S/C25H25NO5.C4H11N5/c1-2-29-24(25(27)28)17-18-11-13-19(14-12-18)30-16-15-26-20-7-3-5-9-22(20)31-23-10-6-4-8-21(23)26;1-9(2)4(7)8-3(5)6/h3-14,24H,2,15-17H2,1H3,(H,27,28);1-2H3,(H5,5,6,7,8). The highest BCUT2D eigenvalue weighted by Crippen LogP contribution is 2.45. The number of benzene rings is 3. The van der Waals surface area contributed by atoms with Crippen LogP contribution in [0.1, 0.15) is 12.5 Å². The second kappa shape index (κ2) is 14.4. The summed E-state index contributed by atoms with van der Waals surface area (Å²) in [6, 6.07) is 23.4. The van der Waals surface area contributed by atoms with Gasteiger partial charge in [-0.3, -0.25) is 5.41 Å². The van der Waals surface area contributed by atoms with Gasteiger partial charge in [-0.1, -0.05) is 36.4 Å². The molecule has 1 unspecified atom stereocenters. The van der Waals surface area contributed by atoms with E-state index >= 15 is 0 Å². The van der Waals surface area contributed by atoms with Crippen molar-refractivity contribution < 1.29 is 24.1 Å². The van der Waals surface area contributed by atoms with Gasteiger partial charge in [0.25, 0.3) is 0 Å². The summed E-state index contributed by atoms with van der Waals surface area (Å²) >= 11 is 0. The first kappa shape index (κ1) is 29.8. The van der Waals surface area contributed by atoms with Gasteiger partial charge in [-0.25, -0.2) is 4.79 Å². The van der Waals surface area contributed by atoms with Crippen molar-refractivity contribution in [2.75, 3.05) is 38.8 Å². The van der Waals surface area contributed by atoms with E-state index in [0.717, 1.165) is 34.2 Å². The molecule has 6 N–H and O–H groups in total. The molecule has 212 valence electrons. The summed E-state index contributed by atoms with van der Waals surface area (Å²) in [5.74, 6) is 1.40. The molecule has 0 radical (unpaired) electrons. The van der Waals surface area contributed by atoms with Crippen molar-refractivity contribution in [2.24, 2.45) is 16.5 Å². The molecule has 40 heavy (non-hydrogen) atoms. The maximum atomic E-state index is 11.3. The van der Waals surface area contributed by atoms with Gasteiger partial charge in [0.1, 0.15) is 12.4 Å². The molecular formula is C29H36N6O5. The zero-order valence-corrected chi connectivity index (χ0v) is 22.9. The number of hydrogen-bond acceptors (Lipinski definition) is 6. The van der Waals surface area contributed by atoms with Crippen LogP contribution in [0.2, 0.25) is 0 Å². The molecular weight excluding hydrogens is 512 g/mol. The highest BCUT2D eigenvalue weighted by molar-refractivity contribution is 5.91. The van der Waals surface area contributed by atoms with E-state index in [1.807, 2.05) is 72.8 Å². The fourth-order valence-electron chi connectivity index (χ4n) is 3.85. The van der Waals surface area contributed by atoms with Crippen molar-refractivity contribution in [3.8, 4) is 17.2 Å². The number of carbonyl (C=O) groups is 1. The molecule has 0 aromatic heterocycles. The predicted octanol–water partition coefficient (Wildman–Crippen LogP) is 3.80. The Bertz CT molecular complexity index is 1270. The molecule has 0 aliphatic carbocycles. The number of aliphatic carboxylic acids is 1. The van der Waals surface area contributed by atoms with Crippen LogP contribution in [-0.2, 0) is 16.0 Å². The molecule has 0 amide bonds. The van der Waals surface area contributed by atoms with Crippen LogP contribution in [0.4, 0.5) is 11.4 Å². The highest BCUT2D eigenvalue weighted by Gasteiger charge is 2.23. The minimum atomic E-state index is -0.951. The van der Waals surface area contributed by atoms with Gasteiger partial charge in [-0.15, -0.1) is 0 Å². The number of carboxylic acids is 1. The first-order valence-corrected chi connectivity index (χ1v) is 12.7. The Morgan fingerprint density at radius 1 is 1.02 bits per heavy atom. The van der Waals surface area contributed by atoms with Gasteiger partial charge in [-0.2, -0.15) is 4.99 Å². The smallest absolute Gasteiger partial charge is 0.333 e. The van der Waals surface area contributed by atoms with Gasteiger partial charge >= 0.3 is 5.97 Å². The number of aliphatic imine (C=N–C) groups is 1. The Balaban J connectivity index is 0.000000424. The highest BCUT2D eigenvalue weighted by atomic mass is 16.5. The third kappa shape index (κ3) is 8.37. The van der Waals surface area contributed by atoms with Gasteiger partial charge in [0.2, 0.25) is 5.96 Å². The van der Waals surface area contributed by atoms with Crippen molar-refractivity contribution in [3.63, 3.8) is 0 Å². The number of para-hydroxylation sites is 4. The van der Waals surface area contributed by atoms with Crippen LogP contribution >= 0.6 is 0 Å². The number of anilines is 2. The molecule has 4 rings (SSSR count). The summed E-state index contributed by atoms with van der Waals surface area (Å²) in [4.78, 5) is 18.5. The van der Waals surface area contributed by atoms with Crippen molar-refractivity contribution in [1.82, 2.24) is 4.90 Å². The number of rotatable bonds is 9. The Morgan fingerprint density at radius 3 is 2.08 bits per heavy atom. The van der Waals surface area contributed by atoms with Gasteiger partial charge in [0, 0.05) is 27.1 Å². The number of guanidine groups is 2. The largest absolute Gasteiger partial charge is 0.492 e. The average Bonchev–Trinajstić information content (AvgIpc) is 2.93. The number of hydrogen-bond donors (Lipinski definition) is 4. The molecule has 0 saturated carbocycles. The van der Waals surface area contributed by atoms with Crippen LogP contribution < -0.4 is 25.8 Å². The number of nitrogens with zero attached hydrogens (tertiary/aromatic N) is 3. The molecule has 3 aromatic rings. The molecule has 0 spiro atoms. The van der Waals surface area contributed by atoms with Crippen molar-refractivity contribution in [1.29, 1.82) is 5.41 Å². The molecule has 11 heteroatoms. The summed E-state index contributed by atoms with van der Waals surface area (Å²) in [7, 11) is 3.45. The first-order valence-electron chi connectivity index (χ1n) is 12.7. The lowest BCUT2D eigenvalue weighted by molar-refractivity contribution is -0.149. The van der Waals surface area contributed by atoms with E-state index in [0.29, 0.717) is 26.2 Å². The molecule has 1 atom stereocenters. The molecule has 3 aromatic carbocycles. The maximum absolute atomic E-state index is 11.3. The summed E-state index contributed by atoms with van der Waals surface area (Å²) in [6.45, 7) is 3.30. The number of nitrogens with one attached hydrogen (secondary N) is 1. The van der Waals surface area contributed by atoms with Crippen LogP contribution in [0.15, 0.2) is 77.8 Å². The predicted molar refractivity (Wildman–Crippen MR) is 156 cm³/mol. The fraction of sp³-hybridized carbons (Fsp3) is 0.276. The SMILES string of the molecule is CCOC(Cc1ccc(OCCN2c3ccccc3Oc3ccccc32)cc1)C(=O)O.CN(C)C(N)=NC(=N)N. The van der Waals surface area contributed by atoms with Gasteiger partial charge < -0.3 is 40.6 Å². The fourth-order valence-corrected chi connectivity index (χ4v) is 3.85. The zero-order valence-electron chi connectivity index (χ0n) is 22.9. The second-order valence-corrected chi connectivity index (χ2v) is 8.92. The Labute approximate surface area is 234 Å². The Morgan fingerprint density at radius 2 is 1.60 bits per heavy atom. The lowest BCUT2D eigenvalue weighted by atomic mass is 10.1. The number of nitrogens with two attached hydrogens (primary N) is 2. The average molecular weight is 549 g/mol. The lowest BCUT2D eigenvalue weighted by Gasteiger charge is -2.32. The number of ether oxygens (including phenoxy) is 3. The molecule has 1 aliphatic heterocycles. The molecule has 0 fully saturated rings. The van der Waals surface area contributed by atoms with Crippen LogP contribution in [-0.4, -0.2) is 67.9 Å². The minimum Gasteiger partial charge on any atom is -0.492 e. The van der Waals surface area contributed by atoms with E-state index in [1.54, 1.807) is 25.9 Å². The van der Waals surface area contributed by atoms with Crippen LogP contribution in [0.25, 0.3) is 0 Å². The first-order chi connectivity index (χ1) is 19.2.